The van der Waals surface area contributed by atoms with Crippen LogP contribution >= 0.6 is 0 Å². The Bertz CT molecular complexity index is 576. The molecule has 1 heterocycles. The van der Waals surface area contributed by atoms with Crippen molar-refractivity contribution in [3.63, 3.8) is 0 Å². The molecule has 1 aliphatic carbocycles. The minimum atomic E-state index is -0.420. The lowest BCUT2D eigenvalue weighted by atomic mass is 10.2. The zero-order chi connectivity index (χ0) is 13.2. The summed E-state index contributed by atoms with van der Waals surface area (Å²) in [6.45, 7) is 0.788. The van der Waals surface area contributed by atoms with E-state index in [1.54, 1.807) is 16.8 Å². The Labute approximate surface area is 110 Å². The fourth-order valence-electron chi connectivity index (χ4n) is 2.18. The topological polar surface area (TPSA) is 69.6 Å². The molecule has 100 valence electrons. The standard InChI is InChI=1S/C13H16FN5/c14-11-6-5-10(8-12(11)15)13-16-17-18-19(13)7-1-2-9-3-4-9/h5-6,8-9H,1-4,7,15H2. The quantitative estimate of drug-likeness (QED) is 0.838. The average Bonchev–Trinajstić information content (AvgIpc) is 3.10. The summed E-state index contributed by atoms with van der Waals surface area (Å²) in [6, 6.07) is 4.56. The first-order chi connectivity index (χ1) is 9.24. The molecule has 5 nitrogen and oxygen atoms in total. The molecule has 1 aliphatic rings. The smallest absolute Gasteiger partial charge is 0.182 e. The van der Waals surface area contributed by atoms with E-state index in [1.807, 2.05) is 0 Å². The van der Waals surface area contributed by atoms with E-state index in [9.17, 15) is 4.39 Å². The highest BCUT2D eigenvalue weighted by Gasteiger charge is 2.20. The Morgan fingerprint density at radius 3 is 2.95 bits per heavy atom. The zero-order valence-electron chi connectivity index (χ0n) is 10.6. The average molecular weight is 261 g/mol. The molecular formula is C13H16FN5. The van der Waals surface area contributed by atoms with Crippen LogP contribution in [0.4, 0.5) is 10.1 Å². The van der Waals surface area contributed by atoms with Gasteiger partial charge in [-0.1, -0.05) is 12.8 Å². The van der Waals surface area contributed by atoms with Crippen LogP contribution in [0.1, 0.15) is 25.7 Å². The molecule has 1 aromatic carbocycles. The molecule has 0 amide bonds. The number of rotatable bonds is 5. The SMILES string of the molecule is Nc1cc(-c2nnnn2CCCC2CC2)ccc1F. The Morgan fingerprint density at radius 1 is 1.37 bits per heavy atom. The molecule has 0 bridgehead atoms. The number of anilines is 1. The van der Waals surface area contributed by atoms with Gasteiger partial charge in [0.1, 0.15) is 5.82 Å². The third kappa shape index (κ3) is 2.72. The lowest BCUT2D eigenvalue weighted by Crippen LogP contribution is -2.04. The first-order valence-corrected chi connectivity index (χ1v) is 6.55. The van der Waals surface area contributed by atoms with Crippen molar-refractivity contribution in [2.75, 3.05) is 5.73 Å². The van der Waals surface area contributed by atoms with Crippen molar-refractivity contribution in [3.05, 3.63) is 24.0 Å². The lowest BCUT2D eigenvalue weighted by molar-refractivity contribution is 0.526. The van der Waals surface area contributed by atoms with Gasteiger partial charge in [0.05, 0.1) is 5.69 Å². The van der Waals surface area contributed by atoms with Gasteiger partial charge < -0.3 is 5.73 Å². The van der Waals surface area contributed by atoms with Crippen LogP contribution < -0.4 is 5.73 Å². The van der Waals surface area contributed by atoms with Crippen molar-refractivity contribution >= 4 is 5.69 Å². The van der Waals surface area contributed by atoms with Gasteiger partial charge in [0.2, 0.25) is 0 Å². The van der Waals surface area contributed by atoms with Gasteiger partial charge in [0.15, 0.2) is 5.82 Å². The van der Waals surface area contributed by atoms with Crippen LogP contribution in [-0.4, -0.2) is 20.2 Å². The number of hydrogen-bond acceptors (Lipinski definition) is 4. The third-order valence-corrected chi connectivity index (χ3v) is 3.47. The first-order valence-electron chi connectivity index (χ1n) is 6.55. The molecule has 2 N–H and O–H groups in total. The fourth-order valence-corrected chi connectivity index (χ4v) is 2.18. The van der Waals surface area contributed by atoms with Gasteiger partial charge in [-0.3, -0.25) is 0 Å². The predicted molar refractivity (Wildman–Crippen MR) is 69.6 cm³/mol. The highest BCUT2D eigenvalue weighted by atomic mass is 19.1. The molecule has 0 radical (unpaired) electrons. The normalized spacial score (nSPS) is 14.8. The number of aryl methyl sites for hydroxylation is 1. The van der Waals surface area contributed by atoms with Gasteiger partial charge in [-0.05, 0) is 47.4 Å². The predicted octanol–water partition coefficient (Wildman–Crippen LogP) is 2.25. The Hall–Kier alpha value is -1.98. The van der Waals surface area contributed by atoms with Crippen LogP contribution in [0.2, 0.25) is 0 Å². The number of nitrogen functional groups attached to an aromatic ring is 1. The molecule has 0 unspecified atom stereocenters. The maximum absolute atomic E-state index is 13.2. The molecule has 2 aromatic rings. The van der Waals surface area contributed by atoms with Crippen molar-refractivity contribution < 1.29 is 4.39 Å². The molecule has 6 heteroatoms. The first kappa shape index (κ1) is 12.1. The number of nitrogens with zero attached hydrogens (tertiary/aromatic N) is 4. The van der Waals surface area contributed by atoms with Gasteiger partial charge in [-0.2, -0.15) is 0 Å². The fraction of sp³-hybridized carbons (Fsp3) is 0.462. The number of hydrogen-bond donors (Lipinski definition) is 1. The molecule has 3 rings (SSSR count). The number of nitrogens with two attached hydrogens (primary N) is 1. The summed E-state index contributed by atoms with van der Waals surface area (Å²) >= 11 is 0. The Balaban J connectivity index is 1.75. The molecule has 1 saturated carbocycles. The van der Waals surface area contributed by atoms with Crippen molar-refractivity contribution in [3.8, 4) is 11.4 Å². The van der Waals surface area contributed by atoms with E-state index in [1.165, 1.54) is 25.3 Å². The molecule has 0 spiro atoms. The maximum Gasteiger partial charge on any atom is 0.182 e. The van der Waals surface area contributed by atoms with Crippen LogP contribution in [0.15, 0.2) is 18.2 Å². The second-order valence-corrected chi connectivity index (χ2v) is 5.05. The highest BCUT2D eigenvalue weighted by molar-refractivity contribution is 5.61. The summed E-state index contributed by atoms with van der Waals surface area (Å²) < 4.78 is 14.9. The molecule has 1 aromatic heterocycles. The van der Waals surface area contributed by atoms with E-state index < -0.39 is 5.82 Å². The van der Waals surface area contributed by atoms with Gasteiger partial charge in [0.25, 0.3) is 0 Å². The molecule has 1 fully saturated rings. The second-order valence-electron chi connectivity index (χ2n) is 5.05. The van der Waals surface area contributed by atoms with E-state index in [0.717, 1.165) is 24.4 Å². The summed E-state index contributed by atoms with van der Waals surface area (Å²) in [6.07, 6.45) is 5.01. The van der Waals surface area contributed by atoms with Crippen molar-refractivity contribution in [1.29, 1.82) is 0 Å². The van der Waals surface area contributed by atoms with Crippen molar-refractivity contribution in [1.82, 2.24) is 20.2 Å². The van der Waals surface area contributed by atoms with Crippen molar-refractivity contribution in [2.45, 2.75) is 32.2 Å². The minimum absolute atomic E-state index is 0.116. The summed E-state index contributed by atoms with van der Waals surface area (Å²) in [7, 11) is 0. The van der Waals surface area contributed by atoms with Crippen LogP contribution in [0, 0.1) is 11.7 Å². The molecular weight excluding hydrogens is 245 g/mol. The number of benzene rings is 1. The van der Waals surface area contributed by atoms with Gasteiger partial charge in [-0.25, -0.2) is 9.07 Å². The van der Waals surface area contributed by atoms with Crippen LogP contribution in [0.25, 0.3) is 11.4 Å². The van der Waals surface area contributed by atoms with Gasteiger partial charge in [-0.15, -0.1) is 5.10 Å². The van der Waals surface area contributed by atoms with E-state index in [4.69, 9.17) is 5.73 Å². The summed E-state index contributed by atoms with van der Waals surface area (Å²) in [4.78, 5) is 0. The maximum atomic E-state index is 13.2. The molecule has 0 saturated heterocycles. The van der Waals surface area contributed by atoms with Crippen LogP contribution in [0.3, 0.4) is 0 Å². The Morgan fingerprint density at radius 2 is 2.21 bits per heavy atom. The van der Waals surface area contributed by atoms with Crippen LogP contribution in [-0.2, 0) is 6.54 Å². The lowest BCUT2D eigenvalue weighted by Gasteiger charge is -2.05. The van der Waals surface area contributed by atoms with E-state index in [-0.39, 0.29) is 5.69 Å². The summed E-state index contributed by atoms with van der Waals surface area (Å²) in [5, 5.41) is 11.7. The molecule has 0 atom stereocenters. The monoisotopic (exact) mass is 261 g/mol. The van der Waals surface area contributed by atoms with E-state index in [0.29, 0.717) is 5.82 Å². The zero-order valence-corrected chi connectivity index (χ0v) is 10.6. The number of tetrazole rings is 1. The summed E-state index contributed by atoms with van der Waals surface area (Å²) in [5.41, 5.74) is 6.43. The molecule has 19 heavy (non-hydrogen) atoms. The van der Waals surface area contributed by atoms with E-state index in [2.05, 4.69) is 15.5 Å². The van der Waals surface area contributed by atoms with Crippen LogP contribution in [0.5, 0.6) is 0 Å². The van der Waals surface area contributed by atoms with Gasteiger partial charge in [0, 0.05) is 12.1 Å². The largest absolute Gasteiger partial charge is 0.396 e. The van der Waals surface area contributed by atoms with Crippen molar-refractivity contribution in [2.24, 2.45) is 5.92 Å². The number of halogens is 1. The minimum Gasteiger partial charge on any atom is -0.396 e. The molecule has 0 aliphatic heterocycles. The number of aromatic nitrogens is 4. The van der Waals surface area contributed by atoms with Gasteiger partial charge >= 0.3 is 0 Å². The van der Waals surface area contributed by atoms with E-state index >= 15 is 0 Å². The summed E-state index contributed by atoms with van der Waals surface area (Å²) in [5.74, 6) is 1.13. The third-order valence-electron chi connectivity index (χ3n) is 3.47. The Kier molecular flexibility index (Phi) is 3.15. The second kappa shape index (κ2) is 4.95. The highest BCUT2D eigenvalue weighted by Crippen LogP contribution is 2.33.